The predicted molar refractivity (Wildman–Crippen MR) is 72.9 cm³/mol. The van der Waals surface area contributed by atoms with Crippen LogP contribution in [0, 0.1) is 0 Å². The number of carbonyl (C=O) groups is 1. The summed E-state index contributed by atoms with van der Waals surface area (Å²) in [6.07, 6.45) is 2.61. The third kappa shape index (κ3) is 1.93. The molecular weight excluding hydrogens is 258 g/mol. The molecule has 0 amide bonds. The predicted octanol–water partition coefficient (Wildman–Crippen LogP) is 2.15. The van der Waals surface area contributed by atoms with Gasteiger partial charge in [-0.2, -0.15) is 0 Å². The highest BCUT2D eigenvalue weighted by Crippen LogP contribution is 2.43. The van der Waals surface area contributed by atoms with Gasteiger partial charge in [-0.25, -0.2) is 0 Å². The van der Waals surface area contributed by atoms with Gasteiger partial charge < -0.3 is 14.9 Å². The number of aliphatic carboxylic acids is 1. The molecule has 3 rings (SSSR count). The minimum atomic E-state index is -0.841. The molecule has 2 N–H and O–H groups in total. The van der Waals surface area contributed by atoms with Crippen molar-refractivity contribution >= 4 is 5.97 Å². The summed E-state index contributed by atoms with van der Waals surface area (Å²) in [5.41, 5.74) is 0.128. The van der Waals surface area contributed by atoms with Crippen molar-refractivity contribution in [3.05, 3.63) is 23.8 Å². The molecule has 2 aliphatic heterocycles. The summed E-state index contributed by atoms with van der Waals surface area (Å²) < 4.78 is 5.62. The fraction of sp³-hybridized carbons (Fsp3) is 0.533. The molecule has 0 radical (unpaired) electrons. The average molecular weight is 277 g/mol. The van der Waals surface area contributed by atoms with Crippen LogP contribution in [0.3, 0.4) is 0 Å². The molecular formula is C15H19NO4. The van der Waals surface area contributed by atoms with Gasteiger partial charge >= 0.3 is 5.97 Å². The molecule has 5 nitrogen and oxygen atoms in total. The van der Waals surface area contributed by atoms with Crippen molar-refractivity contribution in [1.82, 2.24) is 4.90 Å². The summed E-state index contributed by atoms with van der Waals surface area (Å²) in [6, 6.07) is 5.01. The summed E-state index contributed by atoms with van der Waals surface area (Å²) >= 11 is 0. The van der Waals surface area contributed by atoms with E-state index in [1.165, 1.54) is 0 Å². The fourth-order valence-corrected chi connectivity index (χ4v) is 3.31. The van der Waals surface area contributed by atoms with Crippen molar-refractivity contribution < 1.29 is 19.7 Å². The highest BCUT2D eigenvalue weighted by atomic mass is 16.5. The number of ether oxygens (including phenoxy) is 1. The molecule has 2 atom stereocenters. The smallest absolute Gasteiger partial charge is 0.323 e. The first-order valence-corrected chi connectivity index (χ1v) is 6.98. The number of rotatable bonds is 2. The monoisotopic (exact) mass is 277 g/mol. The Bertz CT molecular complexity index is 545. The summed E-state index contributed by atoms with van der Waals surface area (Å²) in [7, 11) is 0. The first-order chi connectivity index (χ1) is 9.52. The van der Waals surface area contributed by atoms with Gasteiger partial charge in [-0.15, -0.1) is 0 Å². The summed E-state index contributed by atoms with van der Waals surface area (Å²) in [5, 5.41) is 19.1. The number of piperidine rings is 1. The zero-order chi connectivity index (χ0) is 14.3. The maximum Gasteiger partial charge on any atom is 0.323 e. The molecule has 1 aromatic carbocycles. The largest absolute Gasteiger partial charge is 0.508 e. The lowest BCUT2D eigenvalue weighted by Crippen LogP contribution is -2.56. The number of carboxylic acids is 1. The number of phenolic OH excluding ortho intramolecular Hbond substituents is 1. The maximum atomic E-state index is 11.7. The topological polar surface area (TPSA) is 70.0 Å². The molecule has 0 bridgehead atoms. The lowest BCUT2D eigenvalue weighted by Gasteiger charge is -2.44. The van der Waals surface area contributed by atoms with Crippen molar-refractivity contribution in [2.75, 3.05) is 13.2 Å². The van der Waals surface area contributed by atoms with Gasteiger partial charge in [-0.1, -0.05) is 0 Å². The number of nitrogens with zero attached hydrogens (tertiary/aromatic N) is 1. The van der Waals surface area contributed by atoms with E-state index in [2.05, 4.69) is 0 Å². The van der Waals surface area contributed by atoms with Crippen molar-refractivity contribution in [3.63, 3.8) is 0 Å². The maximum absolute atomic E-state index is 11.7. The van der Waals surface area contributed by atoms with Crippen molar-refractivity contribution in [1.29, 1.82) is 0 Å². The van der Waals surface area contributed by atoms with Crippen molar-refractivity contribution in [2.45, 2.75) is 37.8 Å². The highest BCUT2D eigenvalue weighted by molar-refractivity contribution is 5.78. The summed E-state index contributed by atoms with van der Waals surface area (Å²) in [4.78, 5) is 13.7. The number of likely N-dealkylation sites (tertiary alicyclic amines) is 1. The molecule has 2 heterocycles. The van der Waals surface area contributed by atoms with Gasteiger partial charge in [-0.3, -0.25) is 9.69 Å². The summed E-state index contributed by atoms with van der Waals surface area (Å²) in [5.74, 6) is 0.0572. The Balaban J connectivity index is 1.95. The van der Waals surface area contributed by atoms with E-state index in [0.29, 0.717) is 18.8 Å². The zero-order valence-electron chi connectivity index (χ0n) is 11.5. The van der Waals surface area contributed by atoms with Crippen LogP contribution in [0.15, 0.2) is 18.2 Å². The van der Waals surface area contributed by atoms with E-state index in [1.54, 1.807) is 19.1 Å². The normalized spacial score (nSPS) is 29.8. The Morgan fingerprint density at radius 1 is 1.45 bits per heavy atom. The molecule has 1 aromatic rings. The van der Waals surface area contributed by atoms with Gasteiger partial charge in [0.05, 0.1) is 6.04 Å². The Morgan fingerprint density at radius 3 is 3.00 bits per heavy atom. The van der Waals surface area contributed by atoms with Crippen LogP contribution >= 0.6 is 0 Å². The van der Waals surface area contributed by atoms with Gasteiger partial charge in [0, 0.05) is 11.6 Å². The van der Waals surface area contributed by atoms with E-state index in [4.69, 9.17) is 4.74 Å². The third-order valence-electron chi connectivity index (χ3n) is 4.54. The van der Waals surface area contributed by atoms with E-state index in [9.17, 15) is 15.0 Å². The second kappa shape index (κ2) is 4.66. The van der Waals surface area contributed by atoms with Gasteiger partial charge in [0.2, 0.25) is 0 Å². The molecule has 0 saturated carbocycles. The van der Waals surface area contributed by atoms with Gasteiger partial charge in [0.1, 0.15) is 23.6 Å². The highest BCUT2D eigenvalue weighted by Gasteiger charge is 2.46. The molecule has 0 aliphatic carbocycles. The second-order valence-electron chi connectivity index (χ2n) is 5.78. The summed E-state index contributed by atoms with van der Waals surface area (Å²) in [6.45, 7) is 3.01. The quantitative estimate of drug-likeness (QED) is 0.867. The number of fused-ring (bicyclic) bond motifs is 1. The minimum absolute atomic E-state index is 0.0491. The molecule has 5 heteroatoms. The van der Waals surface area contributed by atoms with Crippen LogP contribution in [0.5, 0.6) is 11.5 Å². The zero-order valence-corrected chi connectivity index (χ0v) is 11.5. The Kier molecular flexibility index (Phi) is 3.09. The van der Waals surface area contributed by atoms with Gasteiger partial charge in [0.15, 0.2) is 0 Å². The average Bonchev–Trinajstić information content (AvgIpc) is 2.81. The molecule has 0 spiro atoms. The van der Waals surface area contributed by atoms with E-state index in [0.717, 1.165) is 24.9 Å². The van der Waals surface area contributed by atoms with Crippen LogP contribution in [0.25, 0.3) is 0 Å². The number of benzene rings is 1. The third-order valence-corrected chi connectivity index (χ3v) is 4.54. The number of hydrogen-bond donors (Lipinski definition) is 2. The van der Waals surface area contributed by atoms with E-state index < -0.39 is 11.5 Å². The Hall–Kier alpha value is -1.75. The van der Waals surface area contributed by atoms with Crippen LogP contribution in [0.1, 0.15) is 37.8 Å². The SMILES string of the molecule is CC1(C(=O)O)CCCCN1C1COc2cc(O)ccc21. The lowest BCUT2D eigenvalue weighted by molar-refractivity contribution is -0.155. The van der Waals surface area contributed by atoms with Crippen LogP contribution < -0.4 is 4.74 Å². The van der Waals surface area contributed by atoms with Crippen molar-refractivity contribution in [2.24, 2.45) is 0 Å². The molecule has 1 fully saturated rings. The number of phenols is 1. The number of carboxylic acid groups (broad SMARTS) is 1. The molecule has 20 heavy (non-hydrogen) atoms. The number of aromatic hydroxyl groups is 1. The van der Waals surface area contributed by atoms with Crippen LogP contribution in [0.4, 0.5) is 0 Å². The Labute approximate surface area is 117 Å². The first kappa shape index (κ1) is 13.2. The molecule has 108 valence electrons. The van der Waals surface area contributed by atoms with Gasteiger partial charge in [0.25, 0.3) is 0 Å². The molecule has 1 saturated heterocycles. The molecule has 2 unspecified atom stereocenters. The standard InChI is InChI=1S/C15H19NO4/c1-15(14(18)19)6-2-3-7-16(15)12-9-20-13-8-10(17)4-5-11(12)13/h4-5,8,12,17H,2-3,6-7,9H2,1H3,(H,18,19). The second-order valence-corrected chi connectivity index (χ2v) is 5.78. The van der Waals surface area contributed by atoms with E-state index in [1.807, 2.05) is 11.0 Å². The van der Waals surface area contributed by atoms with Crippen LogP contribution in [0.2, 0.25) is 0 Å². The van der Waals surface area contributed by atoms with E-state index in [-0.39, 0.29) is 11.8 Å². The lowest BCUT2D eigenvalue weighted by atomic mass is 9.86. The van der Waals surface area contributed by atoms with E-state index >= 15 is 0 Å². The first-order valence-electron chi connectivity index (χ1n) is 6.98. The Morgan fingerprint density at radius 2 is 2.25 bits per heavy atom. The molecule has 0 aromatic heterocycles. The van der Waals surface area contributed by atoms with Crippen LogP contribution in [-0.2, 0) is 4.79 Å². The van der Waals surface area contributed by atoms with Crippen LogP contribution in [-0.4, -0.2) is 39.8 Å². The molecule has 2 aliphatic rings. The van der Waals surface area contributed by atoms with Gasteiger partial charge in [-0.05, 0) is 44.9 Å². The minimum Gasteiger partial charge on any atom is -0.508 e. The fourth-order valence-electron chi connectivity index (χ4n) is 3.31. The number of hydrogen-bond acceptors (Lipinski definition) is 4. The van der Waals surface area contributed by atoms with Crippen molar-refractivity contribution in [3.8, 4) is 11.5 Å².